The highest BCUT2D eigenvalue weighted by Gasteiger charge is 2.09. The average molecular weight is 294 g/mol. The van der Waals surface area contributed by atoms with Gasteiger partial charge >= 0.3 is 0 Å². The molecule has 2 rings (SSSR count). The van der Waals surface area contributed by atoms with Crippen molar-refractivity contribution in [3.05, 3.63) is 58.6 Å². The number of aromatic nitrogens is 1. The topological polar surface area (TPSA) is 85.1 Å². The average Bonchev–Trinajstić information content (AvgIpc) is 2.43. The van der Waals surface area contributed by atoms with E-state index in [1.807, 2.05) is 0 Å². The normalized spacial score (nSPS) is 10.1. The van der Waals surface area contributed by atoms with Crippen LogP contribution < -0.4 is 11.1 Å². The Morgan fingerprint density at radius 1 is 1.25 bits per heavy atom. The molecule has 0 bridgehead atoms. The second kappa shape index (κ2) is 5.66. The maximum Gasteiger partial charge on any atom is 0.267 e. The third-order valence-electron chi connectivity index (χ3n) is 2.46. The van der Waals surface area contributed by atoms with Crippen LogP contribution in [0.15, 0.2) is 36.5 Å². The number of halogens is 2. The number of anilines is 1. The largest absolute Gasteiger partial charge is 0.364 e. The van der Waals surface area contributed by atoms with Gasteiger partial charge < -0.3 is 11.1 Å². The zero-order valence-electron chi connectivity index (χ0n) is 10.1. The third-order valence-corrected chi connectivity index (χ3v) is 2.75. The fourth-order valence-corrected chi connectivity index (χ4v) is 1.63. The minimum atomic E-state index is -0.678. The summed E-state index contributed by atoms with van der Waals surface area (Å²) in [6.07, 6.45) is 1.22. The number of hydrogen-bond donors (Lipinski definition) is 2. The van der Waals surface area contributed by atoms with Crippen LogP contribution in [0.5, 0.6) is 0 Å². The lowest BCUT2D eigenvalue weighted by Gasteiger charge is -2.06. The smallest absolute Gasteiger partial charge is 0.267 e. The summed E-state index contributed by atoms with van der Waals surface area (Å²) in [6.45, 7) is 0. The SMILES string of the molecule is NC(=O)c1ccc(C(=O)Nc2ccc(F)c(Cl)c2)cn1. The maximum absolute atomic E-state index is 13.0. The molecule has 0 fully saturated rings. The lowest BCUT2D eigenvalue weighted by atomic mass is 10.2. The molecule has 1 heterocycles. The van der Waals surface area contributed by atoms with Gasteiger partial charge in [-0.15, -0.1) is 0 Å². The monoisotopic (exact) mass is 293 g/mol. The van der Waals surface area contributed by atoms with Crippen LogP contribution in [0.25, 0.3) is 0 Å². The van der Waals surface area contributed by atoms with Crippen molar-refractivity contribution in [3.8, 4) is 0 Å². The van der Waals surface area contributed by atoms with Gasteiger partial charge in [0.15, 0.2) is 0 Å². The van der Waals surface area contributed by atoms with E-state index in [-0.39, 0.29) is 16.3 Å². The number of nitrogens with two attached hydrogens (primary N) is 1. The van der Waals surface area contributed by atoms with E-state index >= 15 is 0 Å². The van der Waals surface area contributed by atoms with Gasteiger partial charge in [-0.25, -0.2) is 4.39 Å². The first-order valence-electron chi connectivity index (χ1n) is 5.49. The van der Waals surface area contributed by atoms with Crippen LogP contribution in [0, 0.1) is 5.82 Å². The van der Waals surface area contributed by atoms with Crippen molar-refractivity contribution >= 4 is 29.1 Å². The number of carbonyl (C=O) groups is 2. The molecule has 0 saturated carbocycles. The molecule has 7 heteroatoms. The molecule has 0 aliphatic rings. The minimum Gasteiger partial charge on any atom is -0.364 e. The summed E-state index contributed by atoms with van der Waals surface area (Å²) in [5, 5.41) is 2.44. The van der Waals surface area contributed by atoms with Gasteiger partial charge in [0.25, 0.3) is 11.8 Å². The zero-order chi connectivity index (χ0) is 14.7. The summed E-state index contributed by atoms with van der Waals surface area (Å²) >= 11 is 5.61. The van der Waals surface area contributed by atoms with Crippen LogP contribution in [0.1, 0.15) is 20.8 Å². The molecule has 0 radical (unpaired) electrons. The molecule has 102 valence electrons. The number of pyridine rings is 1. The predicted molar refractivity (Wildman–Crippen MR) is 72.1 cm³/mol. The molecule has 0 spiro atoms. The van der Waals surface area contributed by atoms with Crippen LogP contribution in [0.4, 0.5) is 10.1 Å². The first-order chi connectivity index (χ1) is 9.47. The number of benzene rings is 1. The summed E-state index contributed by atoms with van der Waals surface area (Å²) in [4.78, 5) is 26.5. The van der Waals surface area contributed by atoms with E-state index in [0.29, 0.717) is 5.69 Å². The Kier molecular flexibility index (Phi) is 3.95. The van der Waals surface area contributed by atoms with E-state index in [1.165, 1.54) is 30.5 Å². The van der Waals surface area contributed by atoms with Gasteiger partial charge in [0.05, 0.1) is 10.6 Å². The van der Waals surface area contributed by atoms with Crippen molar-refractivity contribution in [2.75, 3.05) is 5.32 Å². The summed E-state index contributed by atoms with van der Waals surface area (Å²) in [5.41, 5.74) is 5.68. The van der Waals surface area contributed by atoms with E-state index in [2.05, 4.69) is 10.3 Å². The number of hydrogen-bond acceptors (Lipinski definition) is 3. The highest BCUT2D eigenvalue weighted by atomic mass is 35.5. The molecule has 2 aromatic rings. The second-order valence-corrected chi connectivity index (χ2v) is 4.29. The number of amides is 2. The van der Waals surface area contributed by atoms with E-state index in [9.17, 15) is 14.0 Å². The Morgan fingerprint density at radius 3 is 2.55 bits per heavy atom. The molecule has 0 unspecified atom stereocenters. The van der Waals surface area contributed by atoms with Crippen molar-refractivity contribution in [1.82, 2.24) is 4.98 Å². The van der Waals surface area contributed by atoms with Gasteiger partial charge in [-0.3, -0.25) is 14.6 Å². The second-order valence-electron chi connectivity index (χ2n) is 3.88. The molecule has 5 nitrogen and oxygen atoms in total. The Labute approximate surface area is 118 Å². The van der Waals surface area contributed by atoms with E-state index < -0.39 is 17.6 Å². The Hall–Kier alpha value is -2.47. The van der Waals surface area contributed by atoms with Crippen molar-refractivity contribution in [1.29, 1.82) is 0 Å². The van der Waals surface area contributed by atoms with Crippen molar-refractivity contribution in [2.24, 2.45) is 5.73 Å². The van der Waals surface area contributed by atoms with Gasteiger partial charge in [-0.2, -0.15) is 0 Å². The molecule has 0 aliphatic carbocycles. The quantitative estimate of drug-likeness (QED) is 0.910. The molecule has 1 aromatic carbocycles. The zero-order valence-corrected chi connectivity index (χ0v) is 10.8. The Bertz CT molecular complexity index is 674. The van der Waals surface area contributed by atoms with E-state index in [1.54, 1.807) is 0 Å². The van der Waals surface area contributed by atoms with Crippen LogP contribution in [0.2, 0.25) is 5.02 Å². The fraction of sp³-hybridized carbons (Fsp3) is 0. The number of nitrogens with one attached hydrogen (secondary N) is 1. The summed E-state index contributed by atoms with van der Waals surface area (Å²) in [5.74, 6) is -1.71. The lowest BCUT2D eigenvalue weighted by Crippen LogP contribution is -2.15. The number of carbonyl (C=O) groups excluding carboxylic acids is 2. The molecular formula is C13H9ClFN3O2. The summed E-state index contributed by atoms with van der Waals surface area (Å²) < 4.78 is 13.0. The van der Waals surface area contributed by atoms with Gasteiger partial charge in [0.1, 0.15) is 11.5 Å². The van der Waals surface area contributed by atoms with Gasteiger partial charge in [0, 0.05) is 11.9 Å². The van der Waals surface area contributed by atoms with Crippen LogP contribution in [-0.4, -0.2) is 16.8 Å². The van der Waals surface area contributed by atoms with Gasteiger partial charge in [0.2, 0.25) is 0 Å². The van der Waals surface area contributed by atoms with Crippen molar-refractivity contribution in [2.45, 2.75) is 0 Å². The molecule has 20 heavy (non-hydrogen) atoms. The third kappa shape index (κ3) is 3.10. The highest BCUT2D eigenvalue weighted by molar-refractivity contribution is 6.31. The Morgan fingerprint density at radius 2 is 2.00 bits per heavy atom. The van der Waals surface area contributed by atoms with E-state index in [0.717, 1.165) is 6.07 Å². The molecule has 3 N–H and O–H groups in total. The number of rotatable bonds is 3. The standard InChI is InChI=1S/C13H9ClFN3O2/c14-9-5-8(2-3-10(9)15)18-13(20)7-1-4-11(12(16)19)17-6-7/h1-6H,(H2,16,19)(H,18,20). The van der Waals surface area contributed by atoms with Crippen LogP contribution in [0.3, 0.4) is 0 Å². The van der Waals surface area contributed by atoms with Crippen LogP contribution in [-0.2, 0) is 0 Å². The molecule has 0 saturated heterocycles. The van der Waals surface area contributed by atoms with Crippen molar-refractivity contribution in [3.63, 3.8) is 0 Å². The molecule has 0 atom stereocenters. The van der Waals surface area contributed by atoms with E-state index in [4.69, 9.17) is 17.3 Å². The number of primary amides is 1. The fourth-order valence-electron chi connectivity index (χ4n) is 1.45. The number of nitrogens with zero attached hydrogens (tertiary/aromatic N) is 1. The highest BCUT2D eigenvalue weighted by Crippen LogP contribution is 2.19. The summed E-state index contributed by atoms with van der Waals surface area (Å²) in [6, 6.07) is 6.57. The molecule has 0 aliphatic heterocycles. The lowest BCUT2D eigenvalue weighted by molar-refractivity contribution is 0.0990. The van der Waals surface area contributed by atoms with Gasteiger partial charge in [-0.1, -0.05) is 11.6 Å². The van der Waals surface area contributed by atoms with Crippen LogP contribution >= 0.6 is 11.6 Å². The Balaban J connectivity index is 2.15. The first-order valence-corrected chi connectivity index (χ1v) is 5.87. The predicted octanol–water partition coefficient (Wildman–Crippen LogP) is 2.23. The molecule has 2 amide bonds. The minimum absolute atomic E-state index is 0.0615. The molecular weight excluding hydrogens is 285 g/mol. The van der Waals surface area contributed by atoms with Gasteiger partial charge in [-0.05, 0) is 30.3 Å². The maximum atomic E-state index is 13.0. The molecule has 1 aromatic heterocycles. The first kappa shape index (κ1) is 14.0. The van der Waals surface area contributed by atoms with Crippen molar-refractivity contribution < 1.29 is 14.0 Å². The summed E-state index contributed by atoms with van der Waals surface area (Å²) in [7, 11) is 0.